The monoisotopic (exact) mass is 398 g/mol. The lowest BCUT2D eigenvalue weighted by Crippen LogP contribution is -2.31. The SMILES string of the molecule is CC(=O)Nc1ccc(NC(=O)[C@@H](C)OC(=O)COc2cccc(C(C)=O)c2)cc1. The Bertz CT molecular complexity index is 908. The van der Waals surface area contributed by atoms with Crippen molar-refractivity contribution in [2.75, 3.05) is 17.2 Å². The van der Waals surface area contributed by atoms with Crippen molar-refractivity contribution < 1.29 is 28.7 Å². The van der Waals surface area contributed by atoms with Crippen LogP contribution in [0.25, 0.3) is 0 Å². The van der Waals surface area contributed by atoms with E-state index in [0.29, 0.717) is 22.7 Å². The Morgan fingerprint density at radius 1 is 0.931 bits per heavy atom. The predicted molar refractivity (Wildman–Crippen MR) is 107 cm³/mol. The molecular formula is C21H22N2O6. The fourth-order valence-corrected chi connectivity index (χ4v) is 2.32. The summed E-state index contributed by atoms with van der Waals surface area (Å²) in [6.07, 6.45) is -1.04. The van der Waals surface area contributed by atoms with E-state index >= 15 is 0 Å². The van der Waals surface area contributed by atoms with Gasteiger partial charge in [-0.15, -0.1) is 0 Å². The molecule has 0 radical (unpaired) electrons. The molecule has 2 aromatic rings. The minimum Gasteiger partial charge on any atom is -0.482 e. The second-order valence-corrected chi connectivity index (χ2v) is 6.25. The van der Waals surface area contributed by atoms with Crippen LogP contribution in [0.15, 0.2) is 48.5 Å². The summed E-state index contributed by atoms with van der Waals surface area (Å²) in [5.74, 6) is -1.19. The third kappa shape index (κ3) is 7.10. The molecule has 0 aliphatic rings. The number of amides is 2. The van der Waals surface area contributed by atoms with Crippen LogP contribution in [-0.2, 0) is 19.1 Å². The van der Waals surface area contributed by atoms with Gasteiger partial charge in [0.1, 0.15) is 5.75 Å². The van der Waals surface area contributed by atoms with Crippen LogP contribution >= 0.6 is 0 Å². The van der Waals surface area contributed by atoms with Crippen molar-refractivity contribution in [1.29, 1.82) is 0 Å². The number of nitrogens with one attached hydrogen (secondary N) is 2. The molecule has 0 bridgehead atoms. The highest BCUT2D eigenvalue weighted by atomic mass is 16.6. The smallest absolute Gasteiger partial charge is 0.344 e. The zero-order valence-electron chi connectivity index (χ0n) is 16.4. The van der Waals surface area contributed by atoms with Gasteiger partial charge in [-0.2, -0.15) is 0 Å². The molecule has 8 heteroatoms. The number of carbonyl (C=O) groups is 4. The molecule has 0 saturated carbocycles. The molecule has 0 spiro atoms. The van der Waals surface area contributed by atoms with Crippen molar-refractivity contribution in [2.45, 2.75) is 26.9 Å². The van der Waals surface area contributed by atoms with Gasteiger partial charge in [-0.3, -0.25) is 14.4 Å². The van der Waals surface area contributed by atoms with Gasteiger partial charge in [0.25, 0.3) is 5.91 Å². The molecule has 2 N–H and O–H groups in total. The molecule has 2 aromatic carbocycles. The van der Waals surface area contributed by atoms with E-state index in [1.165, 1.54) is 26.8 Å². The van der Waals surface area contributed by atoms with Crippen molar-refractivity contribution in [3.05, 3.63) is 54.1 Å². The van der Waals surface area contributed by atoms with Gasteiger partial charge in [0, 0.05) is 23.9 Å². The quantitative estimate of drug-likeness (QED) is 0.523. The summed E-state index contributed by atoms with van der Waals surface area (Å²) in [5.41, 5.74) is 1.55. The van der Waals surface area contributed by atoms with E-state index < -0.39 is 24.6 Å². The first kappa shape index (κ1) is 21.6. The Hall–Kier alpha value is -3.68. The third-order valence-electron chi connectivity index (χ3n) is 3.75. The fraction of sp³-hybridized carbons (Fsp3) is 0.238. The molecule has 0 unspecified atom stereocenters. The van der Waals surface area contributed by atoms with E-state index in [0.717, 1.165) is 0 Å². The Morgan fingerprint density at radius 3 is 2.14 bits per heavy atom. The van der Waals surface area contributed by atoms with Gasteiger partial charge >= 0.3 is 5.97 Å². The van der Waals surface area contributed by atoms with Crippen LogP contribution in [0.3, 0.4) is 0 Å². The zero-order valence-corrected chi connectivity index (χ0v) is 16.4. The van der Waals surface area contributed by atoms with Gasteiger partial charge in [0.05, 0.1) is 0 Å². The van der Waals surface area contributed by atoms with Crippen molar-refractivity contribution in [3.8, 4) is 5.75 Å². The van der Waals surface area contributed by atoms with E-state index in [1.807, 2.05) is 0 Å². The highest BCUT2D eigenvalue weighted by Crippen LogP contribution is 2.15. The number of ketones is 1. The summed E-state index contributed by atoms with van der Waals surface area (Å²) in [5, 5.41) is 5.23. The molecule has 2 amide bonds. The van der Waals surface area contributed by atoms with Gasteiger partial charge in [-0.1, -0.05) is 12.1 Å². The first-order valence-electron chi connectivity index (χ1n) is 8.86. The maximum atomic E-state index is 12.2. The summed E-state index contributed by atoms with van der Waals surface area (Å²) in [7, 11) is 0. The molecule has 0 aromatic heterocycles. The van der Waals surface area contributed by atoms with Crippen molar-refractivity contribution in [3.63, 3.8) is 0 Å². The van der Waals surface area contributed by atoms with Crippen LogP contribution in [-0.4, -0.2) is 36.3 Å². The average Bonchev–Trinajstić information content (AvgIpc) is 2.67. The first-order chi connectivity index (χ1) is 13.7. The van der Waals surface area contributed by atoms with Crippen LogP contribution in [0.5, 0.6) is 5.75 Å². The summed E-state index contributed by atoms with van der Waals surface area (Å²) in [4.78, 5) is 46.4. The Balaban J connectivity index is 1.82. The molecule has 152 valence electrons. The molecule has 0 heterocycles. The summed E-state index contributed by atoms with van der Waals surface area (Å²) >= 11 is 0. The number of esters is 1. The van der Waals surface area contributed by atoms with Gasteiger partial charge in [0.2, 0.25) is 5.91 Å². The van der Waals surface area contributed by atoms with Crippen molar-refractivity contribution in [1.82, 2.24) is 0 Å². The zero-order chi connectivity index (χ0) is 21.4. The van der Waals surface area contributed by atoms with E-state index in [2.05, 4.69) is 10.6 Å². The molecule has 2 rings (SSSR count). The Labute approximate surface area is 168 Å². The van der Waals surface area contributed by atoms with Crippen molar-refractivity contribution >= 4 is 34.9 Å². The highest BCUT2D eigenvalue weighted by Gasteiger charge is 2.18. The summed E-state index contributed by atoms with van der Waals surface area (Å²) < 4.78 is 10.4. The number of hydrogen-bond donors (Lipinski definition) is 2. The summed E-state index contributed by atoms with van der Waals surface area (Å²) in [6.45, 7) is 3.87. The lowest BCUT2D eigenvalue weighted by atomic mass is 10.1. The minimum absolute atomic E-state index is 0.117. The number of benzene rings is 2. The maximum Gasteiger partial charge on any atom is 0.344 e. The van der Waals surface area contributed by atoms with Gasteiger partial charge < -0.3 is 20.1 Å². The number of anilines is 2. The largest absolute Gasteiger partial charge is 0.482 e. The number of carbonyl (C=O) groups excluding carboxylic acids is 4. The molecule has 0 aliphatic carbocycles. The number of Topliss-reactive ketones (excluding diaryl/α,β-unsaturated/α-hetero) is 1. The average molecular weight is 398 g/mol. The van der Waals surface area contributed by atoms with Crippen LogP contribution in [0, 0.1) is 0 Å². The number of ether oxygens (including phenoxy) is 2. The minimum atomic E-state index is -1.04. The number of rotatable bonds is 8. The van der Waals surface area contributed by atoms with Gasteiger partial charge in [-0.05, 0) is 50.2 Å². The van der Waals surface area contributed by atoms with E-state index in [4.69, 9.17) is 9.47 Å². The molecule has 0 fully saturated rings. The second kappa shape index (κ2) is 10.0. The van der Waals surface area contributed by atoms with Gasteiger partial charge in [0.15, 0.2) is 18.5 Å². The van der Waals surface area contributed by atoms with Crippen LogP contribution in [0.4, 0.5) is 11.4 Å². The first-order valence-corrected chi connectivity index (χ1v) is 8.86. The van der Waals surface area contributed by atoms with Gasteiger partial charge in [-0.25, -0.2) is 4.79 Å². The van der Waals surface area contributed by atoms with Crippen LogP contribution in [0.2, 0.25) is 0 Å². The molecular weight excluding hydrogens is 376 g/mol. The fourth-order valence-electron chi connectivity index (χ4n) is 2.32. The predicted octanol–water partition coefficient (Wildman–Crippen LogP) is 2.80. The highest BCUT2D eigenvalue weighted by molar-refractivity contribution is 5.96. The molecule has 8 nitrogen and oxygen atoms in total. The van der Waals surface area contributed by atoms with E-state index in [9.17, 15) is 19.2 Å². The lowest BCUT2D eigenvalue weighted by Gasteiger charge is -2.14. The molecule has 0 aliphatic heterocycles. The van der Waals surface area contributed by atoms with E-state index in [1.54, 1.807) is 42.5 Å². The normalized spacial score (nSPS) is 11.1. The maximum absolute atomic E-state index is 12.2. The van der Waals surface area contributed by atoms with Crippen LogP contribution in [0.1, 0.15) is 31.1 Å². The summed E-state index contributed by atoms with van der Waals surface area (Å²) in [6, 6.07) is 12.9. The molecule has 29 heavy (non-hydrogen) atoms. The van der Waals surface area contributed by atoms with E-state index in [-0.39, 0.29) is 11.7 Å². The Morgan fingerprint density at radius 2 is 1.55 bits per heavy atom. The lowest BCUT2D eigenvalue weighted by molar-refractivity contribution is -0.155. The third-order valence-corrected chi connectivity index (χ3v) is 3.75. The second-order valence-electron chi connectivity index (χ2n) is 6.25. The number of hydrogen-bond acceptors (Lipinski definition) is 6. The van der Waals surface area contributed by atoms with Crippen molar-refractivity contribution in [2.24, 2.45) is 0 Å². The Kier molecular flexibility index (Phi) is 7.47. The molecule has 0 saturated heterocycles. The topological polar surface area (TPSA) is 111 Å². The van der Waals surface area contributed by atoms with Crippen LogP contribution < -0.4 is 15.4 Å². The molecule has 1 atom stereocenters. The standard InChI is InChI=1S/C21H22N2O6/c1-13(24)16-5-4-6-19(11-16)28-12-20(26)29-14(2)21(27)23-18-9-7-17(8-10-18)22-15(3)25/h4-11,14H,12H2,1-3H3,(H,22,25)(H,23,27)/t14-/m1/s1.